The van der Waals surface area contributed by atoms with Crippen molar-refractivity contribution >= 4 is 0 Å². The van der Waals surface area contributed by atoms with Crippen LogP contribution < -0.4 is 5.32 Å². The molecule has 0 unspecified atom stereocenters. The van der Waals surface area contributed by atoms with Gasteiger partial charge in [-0.3, -0.25) is 0 Å². The molecule has 4 rings (SSSR count). The van der Waals surface area contributed by atoms with Crippen LogP contribution in [0.1, 0.15) is 44.1 Å². The molecular weight excluding hydrogens is 225 g/mol. The van der Waals surface area contributed by atoms with E-state index in [9.17, 15) is 4.39 Å². The van der Waals surface area contributed by atoms with Crippen LogP contribution in [0.2, 0.25) is 0 Å². The van der Waals surface area contributed by atoms with E-state index in [1.54, 1.807) is 12.1 Å². The third-order valence-corrected chi connectivity index (χ3v) is 5.41. The summed E-state index contributed by atoms with van der Waals surface area (Å²) in [5.74, 6) is -0.119. The van der Waals surface area contributed by atoms with Crippen molar-refractivity contribution in [1.82, 2.24) is 5.32 Å². The topological polar surface area (TPSA) is 12.0 Å². The molecule has 0 radical (unpaired) electrons. The molecule has 3 saturated carbocycles. The number of fused-ring (bicyclic) bond motifs is 3. The van der Waals surface area contributed by atoms with Gasteiger partial charge in [0.2, 0.25) is 0 Å². The van der Waals surface area contributed by atoms with Gasteiger partial charge in [-0.25, -0.2) is 4.39 Å². The highest BCUT2D eigenvalue weighted by Crippen LogP contribution is 2.57. The minimum Gasteiger partial charge on any atom is -0.319 e. The zero-order valence-corrected chi connectivity index (χ0v) is 11.1. The van der Waals surface area contributed by atoms with E-state index >= 15 is 0 Å². The lowest BCUT2D eigenvalue weighted by Crippen LogP contribution is -2.47. The molecule has 2 heteroatoms. The van der Waals surface area contributed by atoms with E-state index in [0.717, 1.165) is 6.54 Å². The van der Waals surface area contributed by atoms with Gasteiger partial charge in [-0.2, -0.15) is 0 Å². The van der Waals surface area contributed by atoms with E-state index in [1.807, 2.05) is 12.1 Å². The molecule has 0 aliphatic heterocycles. The van der Waals surface area contributed by atoms with Crippen molar-refractivity contribution in [3.05, 3.63) is 35.6 Å². The molecule has 0 saturated heterocycles. The van der Waals surface area contributed by atoms with Gasteiger partial charge in [-0.05, 0) is 74.1 Å². The van der Waals surface area contributed by atoms with Crippen molar-refractivity contribution in [3.63, 3.8) is 0 Å². The summed E-state index contributed by atoms with van der Waals surface area (Å²) < 4.78 is 13.0. The molecule has 1 N–H and O–H groups in total. The van der Waals surface area contributed by atoms with Gasteiger partial charge in [0.05, 0.1) is 0 Å². The SMILES string of the molecule is CNCC12CCC(c3ccc(F)cc3)(CC1)CC2. The lowest BCUT2D eigenvalue weighted by molar-refractivity contribution is 0.0415. The Kier molecular flexibility index (Phi) is 2.93. The zero-order valence-electron chi connectivity index (χ0n) is 11.1. The number of halogens is 1. The Hall–Kier alpha value is -0.890. The Balaban J connectivity index is 1.82. The molecule has 0 amide bonds. The van der Waals surface area contributed by atoms with Crippen molar-refractivity contribution in [2.75, 3.05) is 13.6 Å². The van der Waals surface area contributed by atoms with Gasteiger partial charge in [0.1, 0.15) is 5.82 Å². The Labute approximate surface area is 109 Å². The first-order chi connectivity index (χ1) is 8.68. The maximum absolute atomic E-state index is 13.0. The van der Waals surface area contributed by atoms with E-state index in [-0.39, 0.29) is 5.82 Å². The highest BCUT2D eigenvalue weighted by atomic mass is 19.1. The second kappa shape index (κ2) is 4.34. The molecule has 2 bridgehead atoms. The number of nitrogens with one attached hydrogen (secondary N) is 1. The maximum Gasteiger partial charge on any atom is 0.123 e. The van der Waals surface area contributed by atoms with Crippen LogP contribution in [0, 0.1) is 11.2 Å². The van der Waals surface area contributed by atoms with Gasteiger partial charge in [0, 0.05) is 6.54 Å². The van der Waals surface area contributed by atoms with E-state index in [2.05, 4.69) is 12.4 Å². The van der Waals surface area contributed by atoms with Gasteiger partial charge in [0.15, 0.2) is 0 Å². The predicted octanol–water partition coefficient (Wildman–Crippen LogP) is 3.64. The number of rotatable bonds is 3. The largest absolute Gasteiger partial charge is 0.319 e. The van der Waals surface area contributed by atoms with Gasteiger partial charge in [-0.15, -0.1) is 0 Å². The summed E-state index contributed by atoms with van der Waals surface area (Å²) in [4.78, 5) is 0. The minimum absolute atomic E-state index is 0.119. The highest BCUT2D eigenvalue weighted by molar-refractivity contribution is 5.28. The Morgan fingerprint density at radius 2 is 1.56 bits per heavy atom. The average Bonchev–Trinajstić information content (AvgIpc) is 2.42. The van der Waals surface area contributed by atoms with Crippen LogP contribution in [0.5, 0.6) is 0 Å². The fraction of sp³-hybridized carbons (Fsp3) is 0.625. The molecule has 3 aliphatic carbocycles. The third kappa shape index (κ3) is 1.87. The summed E-state index contributed by atoms with van der Waals surface area (Å²) in [6, 6.07) is 7.25. The molecule has 0 aromatic heterocycles. The van der Waals surface area contributed by atoms with Crippen LogP contribution >= 0.6 is 0 Å². The van der Waals surface area contributed by atoms with E-state index in [4.69, 9.17) is 0 Å². The quantitative estimate of drug-likeness (QED) is 0.860. The molecule has 1 nitrogen and oxygen atoms in total. The summed E-state index contributed by atoms with van der Waals surface area (Å²) >= 11 is 0. The molecule has 3 aliphatic rings. The van der Waals surface area contributed by atoms with Crippen molar-refractivity contribution < 1.29 is 4.39 Å². The van der Waals surface area contributed by atoms with Gasteiger partial charge in [-0.1, -0.05) is 12.1 Å². The first-order valence-corrected chi connectivity index (χ1v) is 7.09. The number of hydrogen-bond acceptors (Lipinski definition) is 1. The highest BCUT2D eigenvalue weighted by Gasteiger charge is 2.48. The smallest absolute Gasteiger partial charge is 0.123 e. The molecule has 18 heavy (non-hydrogen) atoms. The summed E-state index contributed by atoms with van der Waals surface area (Å²) in [6.45, 7) is 1.16. The average molecular weight is 247 g/mol. The summed E-state index contributed by atoms with van der Waals surface area (Å²) in [6.07, 6.45) is 7.81. The van der Waals surface area contributed by atoms with Crippen molar-refractivity contribution in [1.29, 1.82) is 0 Å². The van der Waals surface area contributed by atoms with Gasteiger partial charge < -0.3 is 5.32 Å². The summed E-state index contributed by atoms with van der Waals surface area (Å²) in [5, 5.41) is 3.36. The maximum atomic E-state index is 13.0. The molecule has 1 aromatic carbocycles. The van der Waals surface area contributed by atoms with Gasteiger partial charge >= 0.3 is 0 Å². The molecule has 98 valence electrons. The first-order valence-electron chi connectivity index (χ1n) is 7.09. The van der Waals surface area contributed by atoms with Crippen molar-refractivity contribution in [3.8, 4) is 0 Å². The Bertz CT molecular complexity index is 399. The second-order valence-corrected chi connectivity index (χ2v) is 6.32. The van der Waals surface area contributed by atoms with E-state index < -0.39 is 0 Å². The predicted molar refractivity (Wildman–Crippen MR) is 72.1 cm³/mol. The van der Waals surface area contributed by atoms with E-state index in [1.165, 1.54) is 44.1 Å². The molecule has 1 aromatic rings. The molecule has 0 atom stereocenters. The van der Waals surface area contributed by atoms with Crippen molar-refractivity contribution in [2.24, 2.45) is 5.41 Å². The molecule has 3 fully saturated rings. The number of hydrogen-bond donors (Lipinski definition) is 1. The van der Waals surface area contributed by atoms with Crippen LogP contribution in [-0.4, -0.2) is 13.6 Å². The van der Waals surface area contributed by atoms with E-state index in [0.29, 0.717) is 10.8 Å². The normalized spacial score (nSPS) is 34.8. The lowest BCUT2D eigenvalue weighted by atomic mass is 9.52. The molecule has 0 heterocycles. The molecular formula is C16H22FN. The fourth-order valence-electron chi connectivity index (χ4n) is 4.14. The van der Waals surface area contributed by atoms with Crippen LogP contribution in [0.25, 0.3) is 0 Å². The Morgan fingerprint density at radius 3 is 2.06 bits per heavy atom. The fourth-order valence-corrected chi connectivity index (χ4v) is 4.14. The van der Waals surface area contributed by atoms with Crippen molar-refractivity contribution in [2.45, 2.75) is 43.9 Å². The van der Waals surface area contributed by atoms with Crippen LogP contribution in [0.4, 0.5) is 4.39 Å². The second-order valence-electron chi connectivity index (χ2n) is 6.32. The lowest BCUT2D eigenvalue weighted by Gasteiger charge is -2.54. The monoisotopic (exact) mass is 247 g/mol. The first kappa shape index (κ1) is 12.2. The van der Waals surface area contributed by atoms with Crippen LogP contribution in [-0.2, 0) is 5.41 Å². The zero-order chi connectivity index (χ0) is 12.6. The number of benzene rings is 1. The van der Waals surface area contributed by atoms with Crippen LogP contribution in [0.15, 0.2) is 24.3 Å². The Morgan fingerprint density at radius 1 is 1.00 bits per heavy atom. The van der Waals surface area contributed by atoms with Crippen LogP contribution in [0.3, 0.4) is 0 Å². The molecule has 0 spiro atoms. The standard InChI is InChI=1S/C16H22FN/c1-18-12-15-6-9-16(10-7-15,11-8-15)13-2-4-14(17)5-3-13/h2-5,18H,6-12H2,1H3. The summed E-state index contributed by atoms with van der Waals surface area (Å²) in [5.41, 5.74) is 2.27. The summed E-state index contributed by atoms with van der Waals surface area (Å²) in [7, 11) is 2.06. The minimum atomic E-state index is -0.119. The third-order valence-electron chi connectivity index (χ3n) is 5.41. The van der Waals surface area contributed by atoms with Gasteiger partial charge in [0.25, 0.3) is 0 Å².